The van der Waals surface area contributed by atoms with E-state index in [1.807, 2.05) is 25.1 Å². The molecule has 5 heterocycles. The van der Waals surface area contributed by atoms with Gasteiger partial charge in [0.15, 0.2) is 6.61 Å². The zero-order valence-corrected chi connectivity index (χ0v) is 19.0. The van der Waals surface area contributed by atoms with E-state index in [-0.39, 0.29) is 12.5 Å². The van der Waals surface area contributed by atoms with Crippen LogP contribution in [0.5, 0.6) is 5.75 Å². The van der Waals surface area contributed by atoms with Crippen LogP contribution in [0.1, 0.15) is 17.1 Å². The van der Waals surface area contributed by atoms with Gasteiger partial charge in [-0.2, -0.15) is 10.4 Å². The van der Waals surface area contributed by atoms with E-state index in [4.69, 9.17) is 15.6 Å². The Balaban J connectivity index is 1.41. The minimum atomic E-state index is -0.286. The van der Waals surface area contributed by atoms with Crippen LogP contribution in [0.3, 0.4) is 0 Å². The van der Waals surface area contributed by atoms with Gasteiger partial charge in [0, 0.05) is 43.5 Å². The molecular weight excluding hydrogens is 446 g/mol. The second-order valence-corrected chi connectivity index (χ2v) is 8.05. The van der Waals surface area contributed by atoms with Crippen molar-refractivity contribution in [2.24, 2.45) is 0 Å². The van der Waals surface area contributed by atoms with E-state index in [9.17, 15) is 10.1 Å². The second kappa shape index (κ2) is 9.20. The molecule has 0 aromatic carbocycles. The molecule has 0 N–H and O–H groups in total. The van der Waals surface area contributed by atoms with E-state index in [2.05, 4.69) is 32.0 Å². The summed E-state index contributed by atoms with van der Waals surface area (Å²) in [4.78, 5) is 24.4. The molecule has 0 saturated carbocycles. The summed E-state index contributed by atoms with van der Waals surface area (Å²) in [6.45, 7) is 4.41. The van der Waals surface area contributed by atoms with Crippen LogP contribution in [0.2, 0.25) is 0 Å². The summed E-state index contributed by atoms with van der Waals surface area (Å²) in [6.07, 6.45) is 11.8. The van der Waals surface area contributed by atoms with Gasteiger partial charge in [-0.1, -0.05) is 0 Å². The van der Waals surface area contributed by atoms with Crippen molar-refractivity contribution in [1.29, 1.82) is 5.26 Å². The molecule has 0 spiro atoms. The van der Waals surface area contributed by atoms with E-state index in [0.29, 0.717) is 48.9 Å². The molecule has 0 radical (unpaired) electrons. The number of ether oxygens (including phenoxy) is 1. The molecule has 0 bridgehead atoms. The number of piperazine rings is 1. The number of oxazole rings is 1. The number of rotatable bonds is 5. The molecule has 0 aliphatic carbocycles. The third-order valence-electron chi connectivity index (χ3n) is 5.81. The Morgan fingerprint density at radius 1 is 1.26 bits per heavy atom. The molecule has 1 saturated heterocycles. The molecule has 4 aromatic rings. The number of nitrogens with zero attached hydrogens (tertiary/aromatic N) is 7. The van der Waals surface area contributed by atoms with Crippen molar-refractivity contribution >= 4 is 17.2 Å². The zero-order chi connectivity index (χ0) is 24.4. The number of aromatic nitrogens is 4. The molecule has 0 unspecified atom stereocenters. The number of carbonyl (C=O) groups excluding carboxylic acids is 1. The van der Waals surface area contributed by atoms with Gasteiger partial charge in [0.25, 0.3) is 5.91 Å². The molecule has 1 aliphatic rings. The monoisotopic (exact) mass is 467 g/mol. The van der Waals surface area contributed by atoms with E-state index in [1.165, 1.54) is 6.20 Å². The van der Waals surface area contributed by atoms with Gasteiger partial charge < -0.3 is 19.0 Å². The molecule has 4 aromatic heterocycles. The fourth-order valence-electron chi connectivity index (χ4n) is 4.05. The lowest BCUT2D eigenvalue weighted by Gasteiger charge is -2.34. The summed E-state index contributed by atoms with van der Waals surface area (Å²) in [5, 5.41) is 13.9. The number of nitriles is 1. The molecular formula is C25H21N7O3. The first-order chi connectivity index (χ1) is 17.1. The van der Waals surface area contributed by atoms with Crippen molar-refractivity contribution in [3.05, 3.63) is 60.2 Å². The summed E-state index contributed by atoms with van der Waals surface area (Å²) >= 11 is 0. The van der Waals surface area contributed by atoms with Crippen LogP contribution in [0.15, 0.2) is 47.5 Å². The van der Waals surface area contributed by atoms with Gasteiger partial charge in [0.1, 0.15) is 23.9 Å². The quantitative estimate of drug-likeness (QED) is 0.411. The number of carbonyl (C=O) groups is 1. The largest absolute Gasteiger partial charge is 0.482 e. The van der Waals surface area contributed by atoms with Crippen LogP contribution in [-0.2, 0) is 11.4 Å². The van der Waals surface area contributed by atoms with Crippen molar-refractivity contribution in [2.75, 3.05) is 31.1 Å². The molecule has 10 nitrogen and oxygen atoms in total. The van der Waals surface area contributed by atoms with Gasteiger partial charge in [-0.05, 0) is 31.0 Å². The average molecular weight is 467 g/mol. The molecule has 10 heteroatoms. The van der Waals surface area contributed by atoms with E-state index in [0.717, 1.165) is 22.6 Å². The standard InChI is InChI=1S/C25H21N7O3/c1-3-24(33)31-8-6-30(7-9-31)22-5-4-18(12-27-22)21-10-20(34-16-23-29-17(2)15-35-23)14-32-25(21)19(11-26)13-28-32/h1,4-5,10,12-15H,6-9,16H2,2H3. The highest BCUT2D eigenvalue weighted by molar-refractivity contribution is 5.93. The summed E-state index contributed by atoms with van der Waals surface area (Å²) in [7, 11) is 0. The Morgan fingerprint density at radius 2 is 2.09 bits per heavy atom. The van der Waals surface area contributed by atoms with Crippen LogP contribution in [-0.4, -0.2) is 56.6 Å². The Labute approximate surface area is 201 Å². The topological polar surface area (TPSA) is 113 Å². The minimum absolute atomic E-state index is 0.163. The molecule has 5 rings (SSSR count). The van der Waals surface area contributed by atoms with E-state index in [1.54, 1.807) is 28.1 Å². The first-order valence-electron chi connectivity index (χ1n) is 11.0. The SMILES string of the molecule is C#CC(=O)N1CCN(c2ccc(-c3cc(OCc4nc(C)co4)cn4ncc(C#N)c34)cn2)CC1. The van der Waals surface area contributed by atoms with Gasteiger partial charge in [-0.25, -0.2) is 14.5 Å². The minimum Gasteiger partial charge on any atom is -0.482 e. The Kier molecular flexibility index (Phi) is 5.78. The van der Waals surface area contributed by atoms with Crippen LogP contribution in [0.25, 0.3) is 16.6 Å². The Bertz CT molecular complexity index is 1470. The van der Waals surface area contributed by atoms with E-state index < -0.39 is 0 Å². The van der Waals surface area contributed by atoms with Crippen LogP contribution >= 0.6 is 0 Å². The highest BCUT2D eigenvalue weighted by Gasteiger charge is 2.21. The Morgan fingerprint density at radius 3 is 2.74 bits per heavy atom. The second-order valence-electron chi connectivity index (χ2n) is 8.05. The van der Waals surface area contributed by atoms with Crippen molar-refractivity contribution in [3.8, 4) is 35.3 Å². The van der Waals surface area contributed by atoms with Gasteiger partial charge in [0.05, 0.1) is 29.2 Å². The van der Waals surface area contributed by atoms with Crippen molar-refractivity contribution in [1.82, 2.24) is 24.5 Å². The predicted octanol–water partition coefficient (Wildman–Crippen LogP) is 2.43. The third-order valence-corrected chi connectivity index (χ3v) is 5.81. The highest BCUT2D eigenvalue weighted by atomic mass is 16.5. The fraction of sp³-hybridized carbons (Fsp3) is 0.240. The van der Waals surface area contributed by atoms with Gasteiger partial charge in [-0.3, -0.25) is 4.79 Å². The van der Waals surface area contributed by atoms with Gasteiger partial charge in [-0.15, -0.1) is 6.42 Å². The predicted molar refractivity (Wildman–Crippen MR) is 126 cm³/mol. The lowest BCUT2D eigenvalue weighted by molar-refractivity contribution is -0.125. The average Bonchev–Trinajstić information content (AvgIpc) is 3.52. The van der Waals surface area contributed by atoms with Crippen molar-refractivity contribution in [3.63, 3.8) is 0 Å². The third kappa shape index (κ3) is 4.37. The number of anilines is 1. The summed E-state index contributed by atoms with van der Waals surface area (Å²) < 4.78 is 12.9. The summed E-state index contributed by atoms with van der Waals surface area (Å²) in [5.41, 5.74) is 3.48. The summed E-state index contributed by atoms with van der Waals surface area (Å²) in [5.74, 6) is 3.70. The van der Waals surface area contributed by atoms with Crippen LogP contribution < -0.4 is 9.64 Å². The maximum atomic E-state index is 11.7. The van der Waals surface area contributed by atoms with Crippen molar-refractivity contribution in [2.45, 2.75) is 13.5 Å². The first kappa shape index (κ1) is 22.0. The number of pyridine rings is 2. The number of terminal acetylenes is 1. The Hall–Kier alpha value is -4.83. The number of hydrogen-bond acceptors (Lipinski definition) is 8. The first-order valence-corrected chi connectivity index (χ1v) is 11.0. The molecule has 0 atom stereocenters. The maximum Gasteiger partial charge on any atom is 0.298 e. The lowest BCUT2D eigenvalue weighted by atomic mass is 10.1. The van der Waals surface area contributed by atoms with E-state index >= 15 is 0 Å². The van der Waals surface area contributed by atoms with Crippen LogP contribution in [0.4, 0.5) is 5.82 Å². The molecule has 1 fully saturated rings. The van der Waals surface area contributed by atoms with Gasteiger partial charge >= 0.3 is 0 Å². The van der Waals surface area contributed by atoms with Crippen molar-refractivity contribution < 1.29 is 13.9 Å². The normalized spacial score (nSPS) is 13.5. The molecule has 174 valence electrons. The number of fused-ring (bicyclic) bond motifs is 1. The molecule has 1 aliphatic heterocycles. The zero-order valence-electron chi connectivity index (χ0n) is 19.0. The molecule has 1 amide bonds. The molecule has 35 heavy (non-hydrogen) atoms. The van der Waals surface area contributed by atoms with Gasteiger partial charge in [0.2, 0.25) is 5.89 Å². The number of aryl methyl sites for hydroxylation is 1. The number of hydrogen-bond donors (Lipinski definition) is 0. The van der Waals surface area contributed by atoms with Crippen LogP contribution in [0, 0.1) is 30.6 Å². The fourth-order valence-corrected chi connectivity index (χ4v) is 4.05. The number of amides is 1. The highest BCUT2D eigenvalue weighted by Crippen LogP contribution is 2.31. The smallest absolute Gasteiger partial charge is 0.298 e. The maximum absolute atomic E-state index is 11.7. The summed E-state index contributed by atoms with van der Waals surface area (Å²) in [6, 6.07) is 7.93. The lowest BCUT2D eigenvalue weighted by Crippen LogP contribution is -2.48.